The van der Waals surface area contributed by atoms with Gasteiger partial charge in [0, 0.05) is 18.7 Å². The average Bonchev–Trinajstić information content (AvgIpc) is 3.17. The van der Waals surface area contributed by atoms with Gasteiger partial charge in [-0.15, -0.1) is 0 Å². The van der Waals surface area contributed by atoms with Crippen molar-refractivity contribution in [1.82, 2.24) is 8.87 Å². The van der Waals surface area contributed by atoms with E-state index in [1.165, 1.54) is 47.0 Å². The highest BCUT2D eigenvalue weighted by Crippen LogP contribution is 2.22. The maximum absolute atomic E-state index is 12.9. The number of hydrogen-bond acceptors (Lipinski definition) is 6. The number of carbonyl (C=O) groups is 2. The Kier molecular flexibility index (Phi) is 6.78. The standard InChI is InChI=1S/C23H25N3O5S2/c1-16-7-6-8-19-21(16)26(15-20(27)31-2)23(32-19)24-22(28)17-9-11-18(12-10-17)33(29,30)25-13-4-3-5-14-25/h6-12H,3-5,13-15H2,1-2H3. The molecule has 0 spiro atoms. The number of aromatic nitrogens is 1. The monoisotopic (exact) mass is 487 g/mol. The van der Waals surface area contributed by atoms with E-state index in [4.69, 9.17) is 4.74 Å². The van der Waals surface area contributed by atoms with Crippen LogP contribution in [0.2, 0.25) is 0 Å². The highest BCUT2D eigenvalue weighted by Gasteiger charge is 2.26. The van der Waals surface area contributed by atoms with E-state index in [0.717, 1.165) is 35.0 Å². The van der Waals surface area contributed by atoms with E-state index in [1.807, 2.05) is 25.1 Å². The van der Waals surface area contributed by atoms with Crippen LogP contribution in [-0.4, -0.2) is 49.4 Å². The molecule has 1 aliphatic heterocycles. The second kappa shape index (κ2) is 9.58. The third-order valence-electron chi connectivity index (χ3n) is 5.67. The number of aryl methyl sites for hydroxylation is 1. The molecule has 1 aliphatic rings. The molecule has 174 valence electrons. The average molecular weight is 488 g/mol. The molecule has 0 aliphatic carbocycles. The summed E-state index contributed by atoms with van der Waals surface area (Å²) in [5, 5.41) is 0. The number of piperidine rings is 1. The number of methoxy groups -OCH3 is 1. The largest absolute Gasteiger partial charge is 0.468 e. The van der Waals surface area contributed by atoms with E-state index in [9.17, 15) is 18.0 Å². The topological polar surface area (TPSA) is 98.0 Å². The van der Waals surface area contributed by atoms with Gasteiger partial charge in [0.05, 0.1) is 22.2 Å². The number of nitrogens with zero attached hydrogens (tertiary/aromatic N) is 3. The summed E-state index contributed by atoms with van der Waals surface area (Å²) in [6.07, 6.45) is 2.75. The zero-order chi connectivity index (χ0) is 23.6. The Hall–Kier alpha value is -2.82. The van der Waals surface area contributed by atoms with E-state index in [-0.39, 0.29) is 17.0 Å². The highest BCUT2D eigenvalue weighted by molar-refractivity contribution is 7.89. The van der Waals surface area contributed by atoms with Gasteiger partial charge < -0.3 is 9.30 Å². The number of esters is 1. The van der Waals surface area contributed by atoms with Crippen molar-refractivity contribution in [3.05, 3.63) is 58.4 Å². The normalized spacial score (nSPS) is 15.6. The fraction of sp³-hybridized carbons (Fsp3) is 0.348. The molecule has 1 fully saturated rings. The molecule has 0 unspecified atom stereocenters. The van der Waals surface area contributed by atoms with Crippen LogP contribution in [0, 0.1) is 6.92 Å². The lowest BCUT2D eigenvalue weighted by Gasteiger charge is -2.25. The summed E-state index contributed by atoms with van der Waals surface area (Å²) in [7, 11) is -2.26. The maximum atomic E-state index is 12.9. The van der Waals surface area contributed by atoms with Crippen molar-refractivity contribution in [1.29, 1.82) is 0 Å². The minimum atomic E-state index is -3.57. The minimum absolute atomic E-state index is 0.0690. The molecule has 0 radical (unpaired) electrons. The first-order valence-corrected chi connectivity index (χ1v) is 12.9. The minimum Gasteiger partial charge on any atom is -0.468 e. The number of fused-ring (bicyclic) bond motifs is 1. The van der Waals surface area contributed by atoms with Gasteiger partial charge in [-0.25, -0.2) is 8.42 Å². The molecule has 0 saturated carbocycles. The number of benzene rings is 2. The lowest BCUT2D eigenvalue weighted by molar-refractivity contribution is -0.141. The molecule has 2 heterocycles. The fourth-order valence-electron chi connectivity index (χ4n) is 3.91. The molecule has 1 amide bonds. The third kappa shape index (κ3) is 4.78. The summed E-state index contributed by atoms with van der Waals surface area (Å²) in [6, 6.07) is 11.6. The van der Waals surface area contributed by atoms with Crippen molar-refractivity contribution in [2.75, 3.05) is 20.2 Å². The fourth-order valence-corrected chi connectivity index (χ4v) is 6.53. The number of thiazole rings is 1. The van der Waals surface area contributed by atoms with E-state index in [0.29, 0.717) is 17.9 Å². The summed E-state index contributed by atoms with van der Waals surface area (Å²) in [5.41, 5.74) is 2.04. The van der Waals surface area contributed by atoms with Gasteiger partial charge in [-0.05, 0) is 55.7 Å². The van der Waals surface area contributed by atoms with E-state index in [1.54, 1.807) is 4.57 Å². The molecular weight excluding hydrogens is 462 g/mol. The molecule has 2 aromatic carbocycles. The second-order valence-electron chi connectivity index (χ2n) is 7.87. The van der Waals surface area contributed by atoms with Gasteiger partial charge in [-0.2, -0.15) is 9.30 Å². The molecule has 3 aromatic rings. The van der Waals surface area contributed by atoms with Crippen LogP contribution < -0.4 is 4.80 Å². The number of para-hydroxylation sites is 1. The zero-order valence-electron chi connectivity index (χ0n) is 18.5. The van der Waals surface area contributed by atoms with Crippen molar-refractivity contribution in [2.24, 2.45) is 4.99 Å². The van der Waals surface area contributed by atoms with Crippen LogP contribution in [-0.2, 0) is 26.1 Å². The third-order valence-corrected chi connectivity index (χ3v) is 8.63. The highest BCUT2D eigenvalue weighted by atomic mass is 32.2. The van der Waals surface area contributed by atoms with Gasteiger partial charge in [0.25, 0.3) is 5.91 Å². The van der Waals surface area contributed by atoms with Crippen molar-refractivity contribution in [3.63, 3.8) is 0 Å². The predicted octanol–water partition coefficient (Wildman–Crippen LogP) is 3.10. The molecule has 33 heavy (non-hydrogen) atoms. The first kappa shape index (κ1) is 23.3. The maximum Gasteiger partial charge on any atom is 0.325 e. The molecule has 10 heteroatoms. The smallest absolute Gasteiger partial charge is 0.325 e. The van der Waals surface area contributed by atoms with Crippen molar-refractivity contribution >= 4 is 43.5 Å². The molecule has 1 saturated heterocycles. The summed E-state index contributed by atoms with van der Waals surface area (Å²) >= 11 is 1.30. The Morgan fingerprint density at radius 2 is 1.76 bits per heavy atom. The Labute approximate surface area is 196 Å². The van der Waals surface area contributed by atoms with Crippen LogP contribution >= 0.6 is 11.3 Å². The number of hydrogen-bond donors (Lipinski definition) is 0. The molecule has 4 rings (SSSR count). The Bertz CT molecular complexity index is 1370. The molecule has 8 nitrogen and oxygen atoms in total. The van der Waals surface area contributed by atoms with Crippen LogP contribution in [0.1, 0.15) is 35.2 Å². The van der Waals surface area contributed by atoms with Crippen molar-refractivity contribution in [2.45, 2.75) is 37.6 Å². The molecule has 0 N–H and O–H groups in total. The molecular formula is C23H25N3O5S2. The van der Waals surface area contributed by atoms with Gasteiger partial charge in [0.1, 0.15) is 6.54 Å². The van der Waals surface area contributed by atoms with E-state index in [2.05, 4.69) is 4.99 Å². The molecule has 0 bridgehead atoms. The summed E-state index contributed by atoms with van der Waals surface area (Å²) in [5.74, 6) is -0.959. The number of amides is 1. The SMILES string of the molecule is COC(=O)Cn1c(=NC(=O)c2ccc(S(=O)(=O)N3CCCCC3)cc2)sc2cccc(C)c21. The van der Waals surface area contributed by atoms with Gasteiger partial charge in [0.15, 0.2) is 4.80 Å². The molecule has 1 aromatic heterocycles. The number of carbonyl (C=O) groups excluding carboxylic acids is 2. The van der Waals surface area contributed by atoms with Crippen LogP contribution in [0.4, 0.5) is 0 Å². The van der Waals surface area contributed by atoms with Crippen LogP contribution in [0.3, 0.4) is 0 Å². The van der Waals surface area contributed by atoms with Gasteiger partial charge >= 0.3 is 5.97 Å². The summed E-state index contributed by atoms with van der Waals surface area (Å²) < 4.78 is 34.6. The van der Waals surface area contributed by atoms with Crippen LogP contribution in [0.15, 0.2) is 52.4 Å². The van der Waals surface area contributed by atoms with Crippen molar-refractivity contribution in [3.8, 4) is 0 Å². The Balaban J connectivity index is 1.68. The zero-order valence-corrected chi connectivity index (χ0v) is 20.1. The van der Waals surface area contributed by atoms with Gasteiger partial charge in [-0.1, -0.05) is 29.9 Å². The summed E-state index contributed by atoms with van der Waals surface area (Å²) in [4.78, 5) is 29.7. The first-order valence-electron chi connectivity index (χ1n) is 10.7. The number of rotatable bonds is 5. The van der Waals surface area contributed by atoms with Crippen molar-refractivity contribution < 1.29 is 22.7 Å². The van der Waals surface area contributed by atoms with Gasteiger partial charge in [-0.3, -0.25) is 9.59 Å². The number of sulfonamides is 1. The van der Waals surface area contributed by atoms with E-state index >= 15 is 0 Å². The second-order valence-corrected chi connectivity index (χ2v) is 10.8. The first-order chi connectivity index (χ1) is 15.8. The Morgan fingerprint density at radius 1 is 1.06 bits per heavy atom. The van der Waals surface area contributed by atoms with Crippen LogP contribution in [0.25, 0.3) is 10.2 Å². The van der Waals surface area contributed by atoms with Crippen LogP contribution in [0.5, 0.6) is 0 Å². The van der Waals surface area contributed by atoms with Gasteiger partial charge in [0.2, 0.25) is 10.0 Å². The predicted molar refractivity (Wildman–Crippen MR) is 126 cm³/mol. The quantitative estimate of drug-likeness (QED) is 0.515. The summed E-state index contributed by atoms with van der Waals surface area (Å²) in [6.45, 7) is 2.89. The lowest BCUT2D eigenvalue weighted by Crippen LogP contribution is -2.35. The number of ether oxygens (including phenoxy) is 1. The molecule has 0 atom stereocenters. The van der Waals surface area contributed by atoms with E-state index < -0.39 is 21.9 Å². The Morgan fingerprint density at radius 3 is 2.42 bits per heavy atom. The lowest BCUT2D eigenvalue weighted by atomic mass is 10.2.